The van der Waals surface area contributed by atoms with E-state index in [0.29, 0.717) is 0 Å². The zero-order valence-corrected chi connectivity index (χ0v) is 11.5. The van der Waals surface area contributed by atoms with Gasteiger partial charge in [-0.1, -0.05) is 6.07 Å². The van der Waals surface area contributed by atoms with Gasteiger partial charge >= 0.3 is 0 Å². The van der Waals surface area contributed by atoms with Crippen LogP contribution in [0.5, 0.6) is 0 Å². The smallest absolute Gasteiger partial charge is 0.159 e. The molecule has 0 amide bonds. The molecule has 1 unspecified atom stereocenters. The number of piperazine rings is 1. The third kappa shape index (κ3) is 3.72. The molecule has 1 saturated heterocycles. The van der Waals surface area contributed by atoms with Crippen LogP contribution in [0.2, 0.25) is 0 Å². The highest BCUT2D eigenvalue weighted by molar-refractivity contribution is 5.22. The van der Waals surface area contributed by atoms with Gasteiger partial charge < -0.3 is 10.2 Å². The number of likely N-dealkylation sites (N-methyl/N-ethyl adjacent to an activating group) is 1. The molecule has 1 N–H and O–H groups in total. The molecule has 0 aliphatic carbocycles. The topological polar surface area (TPSA) is 18.5 Å². The minimum atomic E-state index is -0.785. The quantitative estimate of drug-likeness (QED) is 0.893. The van der Waals surface area contributed by atoms with Crippen molar-refractivity contribution in [2.24, 2.45) is 0 Å². The zero-order valence-electron chi connectivity index (χ0n) is 11.5. The number of hydrogen-bond acceptors (Lipinski definition) is 3. The van der Waals surface area contributed by atoms with E-state index in [4.69, 9.17) is 0 Å². The Morgan fingerprint density at radius 3 is 2.47 bits per heavy atom. The van der Waals surface area contributed by atoms with Gasteiger partial charge in [-0.15, -0.1) is 0 Å². The molecule has 1 aromatic rings. The van der Waals surface area contributed by atoms with Crippen LogP contribution < -0.4 is 5.32 Å². The second-order valence-electron chi connectivity index (χ2n) is 5.24. The van der Waals surface area contributed by atoms with Crippen LogP contribution in [0.4, 0.5) is 8.78 Å². The summed E-state index contributed by atoms with van der Waals surface area (Å²) in [5.41, 5.74) is 0.842. The summed E-state index contributed by atoms with van der Waals surface area (Å²) in [6, 6.07) is 4.34. The van der Waals surface area contributed by atoms with Crippen LogP contribution in [0.15, 0.2) is 18.2 Å². The van der Waals surface area contributed by atoms with Crippen molar-refractivity contribution in [3.05, 3.63) is 35.4 Å². The van der Waals surface area contributed by atoms with E-state index in [1.54, 1.807) is 6.07 Å². The van der Waals surface area contributed by atoms with Crippen molar-refractivity contribution < 1.29 is 8.78 Å². The Balaban J connectivity index is 2.22. The number of hydrogen-bond donors (Lipinski definition) is 1. The van der Waals surface area contributed by atoms with Crippen LogP contribution in [0.3, 0.4) is 0 Å². The number of halogens is 2. The molecule has 0 radical (unpaired) electrons. The van der Waals surface area contributed by atoms with E-state index in [2.05, 4.69) is 15.1 Å². The fourth-order valence-corrected chi connectivity index (χ4v) is 2.49. The van der Waals surface area contributed by atoms with Gasteiger partial charge in [-0.3, -0.25) is 4.90 Å². The summed E-state index contributed by atoms with van der Waals surface area (Å²) in [6.07, 6.45) is 0. The molecule has 0 bridgehead atoms. The predicted molar refractivity (Wildman–Crippen MR) is 72.1 cm³/mol. The molecule has 2 rings (SSSR count). The third-order valence-corrected chi connectivity index (χ3v) is 3.46. The Morgan fingerprint density at radius 2 is 1.89 bits per heavy atom. The normalized spacial score (nSPS) is 18.8. The van der Waals surface area contributed by atoms with Crippen LogP contribution in [-0.4, -0.2) is 56.6 Å². The maximum Gasteiger partial charge on any atom is 0.159 e. The standard InChI is InChI=1S/C14H21F2N3/c1-18(2)10-14(19-7-5-17-6-8-19)11-3-4-12(15)13(16)9-11/h3-4,9,14,17H,5-8,10H2,1-2H3. The molecule has 1 atom stereocenters. The van der Waals surface area contributed by atoms with Crippen molar-refractivity contribution in [1.29, 1.82) is 0 Å². The van der Waals surface area contributed by atoms with E-state index < -0.39 is 11.6 Å². The van der Waals surface area contributed by atoms with E-state index in [1.165, 1.54) is 12.1 Å². The molecule has 1 heterocycles. The first-order chi connectivity index (χ1) is 9.08. The van der Waals surface area contributed by atoms with Crippen LogP contribution in [0.1, 0.15) is 11.6 Å². The number of benzene rings is 1. The molecular weight excluding hydrogens is 248 g/mol. The first kappa shape index (κ1) is 14.4. The Morgan fingerprint density at radius 1 is 1.21 bits per heavy atom. The lowest BCUT2D eigenvalue weighted by atomic mass is 10.0. The van der Waals surface area contributed by atoms with Gasteiger partial charge in [-0.25, -0.2) is 8.78 Å². The summed E-state index contributed by atoms with van der Waals surface area (Å²) in [5.74, 6) is -1.55. The summed E-state index contributed by atoms with van der Waals surface area (Å²) < 4.78 is 26.5. The second-order valence-corrected chi connectivity index (χ2v) is 5.24. The van der Waals surface area contributed by atoms with Gasteiger partial charge in [0.1, 0.15) is 0 Å². The lowest BCUT2D eigenvalue weighted by molar-refractivity contribution is 0.144. The summed E-state index contributed by atoms with van der Waals surface area (Å²) in [6.45, 7) is 4.53. The van der Waals surface area contributed by atoms with Crippen LogP contribution >= 0.6 is 0 Å². The molecule has 3 nitrogen and oxygen atoms in total. The molecule has 0 aromatic heterocycles. The van der Waals surface area contributed by atoms with E-state index in [1.807, 2.05) is 14.1 Å². The summed E-state index contributed by atoms with van der Waals surface area (Å²) in [5, 5.41) is 3.31. The molecule has 1 aliphatic heterocycles. The monoisotopic (exact) mass is 269 g/mol. The van der Waals surface area contributed by atoms with Gasteiger partial charge in [0.25, 0.3) is 0 Å². The molecule has 0 spiro atoms. The highest BCUT2D eigenvalue weighted by Crippen LogP contribution is 2.23. The van der Waals surface area contributed by atoms with Gasteiger partial charge in [-0.05, 0) is 31.8 Å². The lowest BCUT2D eigenvalue weighted by Crippen LogP contribution is -2.47. The molecule has 106 valence electrons. The number of rotatable bonds is 4. The van der Waals surface area contributed by atoms with Gasteiger partial charge in [0.2, 0.25) is 0 Å². The van der Waals surface area contributed by atoms with Crippen molar-refractivity contribution >= 4 is 0 Å². The highest BCUT2D eigenvalue weighted by Gasteiger charge is 2.23. The van der Waals surface area contributed by atoms with Crippen LogP contribution in [0.25, 0.3) is 0 Å². The Bertz CT molecular complexity index is 417. The van der Waals surface area contributed by atoms with Crippen molar-refractivity contribution in [3.63, 3.8) is 0 Å². The molecule has 5 heteroatoms. The predicted octanol–water partition coefficient (Wildman–Crippen LogP) is 1.47. The Hall–Kier alpha value is -1.04. The molecule has 1 aromatic carbocycles. The van der Waals surface area contributed by atoms with E-state index in [-0.39, 0.29) is 6.04 Å². The van der Waals surface area contributed by atoms with Gasteiger partial charge in [-0.2, -0.15) is 0 Å². The molecular formula is C14H21F2N3. The molecule has 0 saturated carbocycles. The first-order valence-corrected chi connectivity index (χ1v) is 6.62. The third-order valence-electron chi connectivity index (χ3n) is 3.46. The van der Waals surface area contributed by atoms with E-state index in [9.17, 15) is 8.78 Å². The second kappa shape index (κ2) is 6.41. The van der Waals surface area contributed by atoms with Gasteiger partial charge in [0.15, 0.2) is 11.6 Å². The van der Waals surface area contributed by atoms with Crippen molar-refractivity contribution in [2.75, 3.05) is 46.8 Å². The van der Waals surface area contributed by atoms with Crippen LogP contribution in [0, 0.1) is 11.6 Å². The minimum absolute atomic E-state index is 0.104. The molecule has 19 heavy (non-hydrogen) atoms. The number of nitrogens with zero attached hydrogens (tertiary/aromatic N) is 2. The summed E-state index contributed by atoms with van der Waals surface area (Å²) in [4.78, 5) is 4.40. The Labute approximate surface area is 113 Å². The molecule has 1 fully saturated rings. The fourth-order valence-electron chi connectivity index (χ4n) is 2.49. The highest BCUT2D eigenvalue weighted by atomic mass is 19.2. The maximum absolute atomic E-state index is 13.4. The summed E-state index contributed by atoms with van der Waals surface area (Å²) >= 11 is 0. The average molecular weight is 269 g/mol. The van der Waals surface area contributed by atoms with Gasteiger partial charge in [0.05, 0.1) is 0 Å². The van der Waals surface area contributed by atoms with Crippen molar-refractivity contribution in [3.8, 4) is 0 Å². The zero-order chi connectivity index (χ0) is 13.8. The average Bonchev–Trinajstić information content (AvgIpc) is 2.40. The first-order valence-electron chi connectivity index (χ1n) is 6.62. The molecule has 1 aliphatic rings. The van der Waals surface area contributed by atoms with Crippen LogP contribution in [-0.2, 0) is 0 Å². The van der Waals surface area contributed by atoms with Gasteiger partial charge in [0, 0.05) is 38.8 Å². The van der Waals surface area contributed by atoms with E-state index >= 15 is 0 Å². The maximum atomic E-state index is 13.4. The Kier molecular flexibility index (Phi) is 4.85. The fraction of sp³-hybridized carbons (Fsp3) is 0.571. The largest absolute Gasteiger partial charge is 0.314 e. The summed E-state index contributed by atoms with van der Waals surface area (Å²) in [7, 11) is 3.99. The van der Waals surface area contributed by atoms with Crippen molar-refractivity contribution in [2.45, 2.75) is 6.04 Å². The van der Waals surface area contributed by atoms with Crippen molar-refractivity contribution in [1.82, 2.24) is 15.1 Å². The SMILES string of the molecule is CN(C)CC(c1ccc(F)c(F)c1)N1CCNCC1. The van der Waals surface area contributed by atoms with E-state index in [0.717, 1.165) is 38.3 Å². The lowest BCUT2D eigenvalue weighted by Gasteiger charge is -2.36. The minimum Gasteiger partial charge on any atom is -0.314 e. The number of nitrogens with one attached hydrogen (secondary N) is 1.